The Bertz CT molecular complexity index is 578. The van der Waals surface area contributed by atoms with Gasteiger partial charge < -0.3 is 10.6 Å². The molecule has 0 saturated carbocycles. The number of hydrogen-bond donors (Lipinski definition) is 2. The van der Waals surface area contributed by atoms with Gasteiger partial charge in [-0.15, -0.1) is 0 Å². The van der Waals surface area contributed by atoms with E-state index in [1.807, 2.05) is 13.1 Å². The predicted octanol–water partition coefficient (Wildman–Crippen LogP) is 2.77. The molecule has 102 valence electrons. The lowest BCUT2D eigenvalue weighted by Gasteiger charge is -2.07. The average Bonchev–Trinajstić information content (AvgIpc) is 2.73. The summed E-state index contributed by atoms with van der Waals surface area (Å²) in [5.74, 6) is 2.28. The molecule has 2 aromatic rings. The van der Waals surface area contributed by atoms with Gasteiger partial charge in [0.05, 0.1) is 11.9 Å². The van der Waals surface area contributed by atoms with Crippen LogP contribution >= 0.6 is 11.6 Å². The number of aromatic nitrogens is 4. The van der Waals surface area contributed by atoms with Gasteiger partial charge in [-0.25, -0.2) is 4.98 Å². The molecule has 2 N–H and O–H groups in total. The van der Waals surface area contributed by atoms with Gasteiger partial charge in [-0.05, 0) is 5.92 Å². The van der Waals surface area contributed by atoms with Crippen molar-refractivity contribution in [3.05, 3.63) is 23.0 Å². The van der Waals surface area contributed by atoms with Crippen LogP contribution in [0.1, 0.15) is 25.5 Å². The predicted molar refractivity (Wildman–Crippen MR) is 77.2 cm³/mol. The summed E-state index contributed by atoms with van der Waals surface area (Å²) in [5.41, 5.74) is 1.02. The van der Waals surface area contributed by atoms with Crippen molar-refractivity contribution in [3.8, 4) is 0 Å². The van der Waals surface area contributed by atoms with Gasteiger partial charge in [0.15, 0.2) is 0 Å². The van der Waals surface area contributed by atoms with Gasteiger partial charge in [0, 0.05) is 20.2 Å². The minimum absolute atomic E-state index is 0.376. The van der Waals surface area contributed by atoms with Gasteiger partial charge in [-0.3, -0.25) is 4.68 Å². The fraction of sp³-hybridized carbons (Fsp3) is 0.417. The highest BCUT2D eigenvalue weighted by Gasteiger charge is 2.10. The lowest BCUT2D eigenvalue weighted by molar-refractivity contribution is 0.717. The number of hydrogen-bond acceptors (Lipinski definition) is 5. The summed E-state index contributed by atoms with van der Waals surface area (Å²) in [5, 5.41) is 11.0. The topological polar surface area (TPSA) is 67.7 Å². The molecule has 0 spiro atoms. The first-order valence-corrected chi connectivity index (χ1v) is 6.40. The van der Waals surface area contributed by atoms with Crippen LogP contribution in [0.15, 0.2) is 12.3 Å². The largest absolute Gasteiger partial charge is 0.372 e. The van der Waals surface area contributed by atoms with Crippen molar-refractivity contribution in [2.24, 2.45) is 7.05 Å². The van der Waals surface area contributed by atoms with Gasteiger partial charge in [0.1, 0.15) is 16.7 Å². The highest BCUT2D eigenvalue weighted by molar-refractivity contribution is 6.32. The van der Waals surface area contributed by atoms with Crippen LogP contribution < -0.4 is 10.6 Å². The number of halogens is 1. The first-order chi connectivity index (χ1) is 9.01. The molecule has 0 radical (unpaired) electrons. The zero-order valence-corrected chi connectivity index (χ0v) is 12.2. The van der Waals surface area contributed by atoms with E-state index in [1.165, 1.54) is 0 Å². The van der Waals surface area contributed by atoms with Crippen LogP contribution in [-0.2, 0) is 7.05 Å². The summed E-state index contributed by atoms with van der Waals surface area (Å²) >= 11 is 5.94. The maximum Gasteiger partial charge on any atom is 0.230 e. The fourth-order valence-corrected chi connectivity index (χ4v) is 1.79. The molecule has 2 heterocycles. The van der Waals surface area contributed by atoms with E-state index in [1.54, 1.807) is 17.9 Å². The molecular formula is C12H17ClN6. The Morgan fingerprint density at radius 1 is 1.37 bits per heavy atom. The molecule has 0 bridgehead atoms. The molecule has 0 aromatic carbocycles. The van der Waals surface area contributed by atoms with E-state index in [-0.39, 0.29) is 0 Å². The Kier molecular flexibility index (Phi) is 3.90. The van der Waals surface area contributed by atoms with Crippen LogP contribution in [-0.4, -0.2) is 26.8 Å². The molecule has 7 heteroatoms. The van der Waals surface area contributed by atoms with Gasteiger partial charge in [0.25, 0.3) is 0 Å². The minimum Gasteiger partial charge on any atom is -0.372 e. The van der Waals surface area contributed by atoms with Crippen LogP contribution in [0.2, 0.25) is 5.02 Å². The Hall–Kier alpha value is -1.82. The van der Waals surface area contributed by atoms with Crippen LogP contribution in [0.5, 0.6) is 0 Å². The van der Waals surface area contributed by atoms with E-state index in [4.69, 9.17) is 11.6 Å². The SMILES string of the molecule is CNc1nc(Nc2cc(C(C)C)nn2C)ncc1Cl. The number of anilines is 3. The molecular weight excluding hydrogens is 264 g/mol. The maximum atomic E-state index is 5.94. The molecule has 0 aliphatic carbocycles. The van der Waals surface area contributed by atoms with E-state index >= 15 is 0 Å². The molecule has 0 aliphatic rings. The Morgan fingerprint density at radius 3 is 2.68 bits per heavy atom. The second-order valence-electron chi connectivity index (χ2n) is 4.50. The molecule has 19 heavy (non-hydrogen) atoms. The highest BCUT2D eigenvalue weighted by atomic mass is 35.5. The molecule has 0 atom stereocenters. The van der Waals surface area contributed by atoms with Crippen molar-refractivity contribution in [3.63, 3.8) is 0 Å². The minimum atomic E-state index is 0.376. The zero-order chi connectivity index (χ0) is 14.0. The fourth-order valence-electron chi connectivity index (χ4n) is 1.61. The first kappa shape index (κ1) is 13.6. The highest BCUT2D eigenvalue weighted by Crippen LogP contribution is 2.22. The molecule has 2 aromatic heterocycles. The third kappa shape index (κ3) is 2.96. The number of rotatable bonds is 4. The zero-order valence-electron chi connectivity index (χ0n) is 11.4. The van der Waals surface area contributed by atoms with Crippen molar-refractivity contribution in [1.29, 1.82) is 0 Å². The second-order valence-corrected chi connectivity index (χ2v) is 4.91. The summed E-state index contributed by atoms with van der Waals surface area (Å²) in [6.07, 6.45) is 1.56. The van der Waals surface area contributed by atoms with Crippen molar-refractivity contribution in [2.45, 2.75) is 19.8 Å². The van der Waals surface area contributed by atoms with Gasteiger partial charge in [-0.1, -0.05) is 25.4 Å². The number of aryl methyl sites for hydroxylation is 1. The summed E-state index contributed by atoms with van der Waals surface area (Å²) in [7, 11) is 3.64. The number of nitrogens with one attached hydrogen (secondary N) is 2. The normalized spacial score (nSPS) is 10.8. The number of nitrogens with zero attached hydrogens (tertiary/aromatic N) is 4. The van der Waals surface area contributed by atoms with Crippen molar-refractivity contribution >= 4 is 29.2 Å². The van der Waals surface area contributed by atoms with Crippen molar-refractivity contribution in [1.82, 2.24) is 19.7 Å². The molecule has 0 unspecified atom stereocenters. The van der Waals surface area contributed by atoms with Crippen LogP contribution in [0, 0.1) is 0 Å². The molecule has 0 fully saturated rings. The van der Waals surface area contributed by atoms with E-state index in [2.05, 4.69) is 39.5 Å². The summed E-state index contributed by atoms with van der Waals surface area (Å²) in [6.45, 7) is 4.20. The lowest BCUT2D eigenvalue weighted by atomic mass is 10.1. The molecule has 2 rings (SSSR count). The maximum absolute atomic E-state index is 5.94. The van der Waals surface area contributed by atoms with Gasteiger partial charge in [0.2, 0.25) is 5.95 Å². The van der Waals surface area contributed by atoms with Crippen LogP contribution in [0.3, 0.4) is 0 Å². The summed E-state index contributed by atoms with van der Waals surface area (Å²) in [6, 6.07) is 1.99. The monoisotopic (exact) mass is 280 g/mol. The lowest BCUT2D eigenvalue weighted by Crippen LogP contribution is -2.04. The van der Waals surface area contributed by atoms with E-state index in [9.17, 15) is 0 Å². The summed E-state index contributed by atoms with van der Waals surface area (Å²) < 4.78 is 1.77. The smallest absolute Gasteiger partial charge is 0.230 e. The molecule has 0 saturated heterocycles. The first-order valence-electron chi connectivity index (χ1n) is 6.02. The Morgan fingerprint density at radius 2 is 2.11 bits per heavy atom. The summed E-state index contributed by atoms with van der Waals surface area (Å²) in [4.78, 5) is 8.42. The van der Waals surface area contributed by atoms with E-state index < -0.39 is 0 Å². The molecule has 0 aliphatic heterocycles. The van der Waals surface area contributed by atoms with E-state index in [0.29, 0.717) is 22.7 Å². The van der Waals surface area contributed by atoms with Crippen LogP contribution in [0.4, 0.5) is 17.6 Å². The van der Waals surface area contributed by atoms with Crippen molar-refractivity contribution in [2.75, 3.05) is 17.7 Å². The molecule has 6 nitrogen and oxygen atoms in total. The standard InChI is InChI=1S/C12H17ClN6/c1-7(2)9-5-10(19(4)18-9)16-12-15-6-8(13)11(14-3)17-12/h5-7H,1-4H3,(H2,14,15,16,17). The Labute approximate surface area is 117 Å². The molecule has 0 amide bonds. The average molecular weight is 281 g/mol. The third-order valence-corrected chi connectivity index (χ3v) is 2.99. The third-order valence-electron chi connectivity index (χ3n) is 2.71. The van der Waals surface area contributed by atoms with E-state index in [0.717, 1.165) is 11.5 Å². The van der Waals surface area contributed by atoms with Crippen LogP contribution in [0.25, 0.3) is 0 Å². The Balaban J connectivity index is 2.26. The van der Waals surface area contributed by atoms with Gasteiger partial charge >= 0.3 is 0 Å². The second kappa shape index (κ2) is 5.44. The quantitative estimate of drug-likeness (QED) is 0.901. The van der Waals surface area contributed by atoms with Crippen molar-refractivity contribution < 1.29 is 0 Å². The van der Waals surface area contributed by atoms with Gasteiger partial charge in [-0.2, -0.15) is 10.1 Å².